The smallest absolute Gasteiger partial charge is 0.328 e. The van der Waals surface area contributed by atoms with Crippen LogP contribution in [0.2, 0.25) is 0 Å². The van der Waals surface area contributed by atoms with E-state index in [-0.39, 0.29) is 17.1 Å². The molecule has 0 bridgehead atoms. The Morgan fingerprint density at radius 3 is 2.80 bits per heavy atom. The lowest BCUT2D eigenvalue weighted by Crippen LogP contribution is -2.44. The first kappa shape index (κ1) is 12.7. The molecule has 6 heteroatoms. The summed E-state index contributed by atoms with van der Waals surface area (Å²) in [4.78, 5) is 24.9. The van der Waals surface area contributed by atoms with Crippen LogP contribution in [0.5, 0.6) is 0 Å². The summed E-state index contributed by atoms with van der Waals surface area (Å²) in [6.45, 7) is 2.42. The number of carbonyl (C=O) groups excluding carboxylic acids is 2. The zero-order chi connectivity index (χ0) is 11.4. The molecule has 1 amide bonds. The van der Waals surface area contributed by atoms with Crippen LogP contribution in [0.3, 0.4) is 0 Å². The van der Waals surface area contributed by atoms with Crippen LogP contribution in [0.4, 0.5) is 0 Å². The van der Waals surface area contributed by atoms with Gasteiger partial charge in [-0.2, -0.15) is 0 Å². The zero-order valence-electron chi connectivity index (χ0n) is 8.80. The van der Waals surface area contributed by atoms with Crippen molar-refractivity contribution in [2.75, 3.05) is 13.7 Å². The molecule has 1 aliphatic heterocycles. The standard InChI is InChI=1S/C9H15NO3S2/c1-6(15-14)8(11)10-5-3-4-7(10)9(12)13-2/h6-7,14H,3-5H2,1-2H3/t6?,7-/m0/s1. The molecular weight excluding hydrogens is 234 g/mol. The van der Waals surface area contributed by atoms with E-state index in [4.69, 9.17) is 0 Å². The van der Waals surface area contributed by atoms with Crippen molar-refractivity contribution < 1.29 is 14.3 Å². The van der Waals surface area contributed by atoms with Crippen molar-refractivity contribution in [1.82, 2.24) is 4.90 Å². The molecule has 0 aliphatic carbocycles. The van der Waals surface area contributed by atoms with Gasteiger partial charge in [0, 0.05) is 6.54 Å². The Morgan fingerprint density at radius 1 is 1.60 bits per heavy atom. The van der Waals surface area contributed by atoms with Crippen molar-refractivity contribution in [3.8, 4) is 0 Å². The first-order valence-corrected chi connectivity index (χ1v) is 6.73. The van der Waals surface area contributed by atoms with E-state index in [1.807, 2.05) is 0 Å². The summed E-state index contributed by atoms with van der Waals surface area (Å²) in [7, 11) is 2.54. The molecular formula is C9H15NO3S2. The Balaban J connectivity index is 2.68. The fourth-order valence-corrected chi connectivity index (χ4v) is 2.19. The third-order valence-corrected chi connectivity index (χ3v) is 3.98. The van der Waals surface area contributed by atoms with Crippen molar-refractivity contribution in [1.29, 1.82) is 0 Å². The minimum absolute atomic E-state index is 0.0390. The molecule has 0 spiro atoms. The Bertz CT molecular complexity index is 260. The van der Waals surface area contributed by atoms with Gasteiger partial charge in [-0.3, -0.25) is 4.79 Å². The molecule has 0 N–H and O–H groups in total. The summed E-state index contributed by atoms with van der Waals surface area (Å²) in [6, 6.07) is -0.398. The van der Waals surface area contributed by atoms with Gasteiger partial charge >= 0.3 is 5.97 Å². The van der Waals surface area contributed by atoms with Gasteiger partial charge in [0.2, 0.25) is 5.91 Å². The van der Waals surface area contributed by atoms with Crippen molar-refractivity contribution in [2.45, 2.75) is 31.1 Å². The van der Waals surface area contributed by atoms with Crippen molar-refractivity contribution in [3.05, 3.63) is 0 Å². The van der Waals surface area contributed by atoms with E-state index in [0.29, 0.717) is 13.0 Å². The lowest BCUT2D eigenvalue weighted by molar-refractivity contribution is -0.150. The maximum Gasteiger partial charge on any atom is 0.328 e. The average Bonchev–Trinajstić information content (AvgIpc) is 2.74. The highest BCUT2D eigenvalue weighted by Crippen LogP contribution is 2.24. The Labute approximate surface area is 98.5 Å². The average molecular weight is 249 g/mol. The molecule has 1 unspecified atom stereocenters. The van der Waals surface area contributed by atoms with E-state index in [1.165, 1.54) is 17.9 Å². The number of methoxy groups -OCH3 is 1. The highest BCUT2D eigenvalue weighted by atomic mass is 33.1. The molecule has 0 aromatic carbocycles. The molecule has 0 aromatic heterocycles. The molecule has 1 saturated heterocycles. The fraction of sp³-hybridized carbons (Fsp3) is 0.778. The second kappa shape index (κ2) is 5.65. The van der Waals surface area contributed by atoms with Crippen LogP contribution in [0.15, 0.2) is 0 Å². The van der Waals surface area contributed by atoms with Crippen LogP contribution < -0.4 is 0 Å². The predicted octanol–water partition coefficient (Wildman–Crippen LogP) is 1.12. The van der Waals surface area contributed by atoms with Crippen LogP contribution in [0.25, 0.3) is 0 Å². The molecule has 1 fully saturated rings. The van der Waals surface area contributed by atoms with Crippen LogP contribution in [0.1, 0.15) is 19.8 Å². The first-order valence-electron chi connectivity index (χ1n) is 4.80. The molecule has 2 atom stereocenters. The van der Waals surface area contributed by atoms with Gasteiger partial charge < -0.3 is 9.64 Å². The number of amides is 1. The van der Waals surface area contributed by atoms with Crippen LogP contribution in [-0.4, -0.2) is 41.7 Å². The highest BCUT2D eigenvalue weighted by molar-refractivity contribution is 8.69. The van der Waals surface area contributed by atoms with Gasteiger partial charge in [0.05, 0.1) is 12.4 Å². The van der Waals surface area contributed by atoms with Gasteiger partial charge in [-0.15, -0.1) is 11.7 Å². The minimum Gasteiger partial charge on any atom is -0.467 e. The zero-order valence-corrected chi connectivity index (χ0v) is 10.5. The fourth-order valence-electron chi connectivity index (χ4n) is 1.69. The molecule has 86 valence electrons. The first-order chi connectivity index (χ1) is 7.11. The molecule has 0 saturated carbocycles. The minimum atomic E-state index is -0.398. The maximum absolute atomic E-state index is 11.9. The van der Waals surface area contributed by atoms with Gasteiger partial charge in [0.1, 0.15) is 6.04 Å². The summed E-state index contributed by atoms with van der Waals surface area (Å²) in [6.07, 6.45) is 1.55. The van der Waals surface area contributed by atoms with Gasteiger partial charge in [-0.1, -0.05) is 10.8 Å². The number of likely N-dealkylation sites (tertiary alicyclic amines) is 1. The SMILES string of the molecule is COC(=O)[C@@H]1CCCN1C(=O)C(C)SS. The van der Waals surface area contributed by atoms with Crippen molar-refractivity contribution in [2.24, 2.45) is 0 Å². The lowest BCUT2D eigenvalue weighted by Gasteiger charge is -2.24. The molecule has 1 aliphatic rings. The van der Waals surface area contributed by atoms with Crippen LogP contribution in [-0.2, 0) is 14.3 Å². The number of carbonyl (C=O) groups is 2. The largest absolute Gasteiger partial charge is 0.467 e. The summed E-state index contributed by atoms with van der Waals surface area (Å²) in [5, 5.41) is -0.224. The van der Waals surface area contributed by atoms with Gasteiger partial charge in [0.25, 0.3) is 0 Å². The highest BCUT2D eigenvalue weighted by Gasteiger charge is 2.36. The number of hydrogen-bond acceptors (Lipinski definition) is 5. The number of rotatable bonds is 3. The third kappa shape index (κ3) is 2.81. The van der Waals surface area contributed by atoms with Crippen molar-refractivity contribution >= 4 is 34.3 Å². The Morgan fingerprint density at radius 2 is 2.27 bits per heavy atom. The van der Waals surface area contributed by atoms with E-state index in [9.17, 15) is 9.59 Å². The van der Waals surface area contributed by atoms with E-state index in [0.717, 1.165) is 6.42 Å². The monoisotopic (exact) mass is 249 g/mol. The number of ether oxygens (including phenoxy) is 1. The maximum atomic E-state index is 11.9. The summed E-state index contributed by atoms with van der Waals surface area (Å²) >= 11 is 4.00. The molecule has 0 aromatic rings. The molecule has 15 heavy (non-hydrogen) atoms. The topological polar surface area (TPSA) is 46.6 Å². The second-order valence-corrected chi connectivity index (χ2v) is 5.01. The number of hydrogen-bond donors (Lipinski definition) is 1. The summed E-state index contributed by atoms with van der Waals surface area (Å²) in [5.41, 5.74) is 0. The van der Waals surface area contributed by atoms with E-state index >= 15 is 0 Å². The lowest BCUT2D eigenvalue weighted by atomic mass is 10.2. The third-order valence-electron chi connectivity index (χ3n) is 2.52. The molecule has 1 heterocycles. The van der Waals surface area contributed by atoms with Crippen molar-refractivity contribution in [3.63, 3.8) is 0 Å². The van der Waals surface area contributed by atoms with Crippen LogP contribution >= 0.6 is 22.5 Å². The van der Waals surface area contributed by atoms with E-state index in [1.54, 1.807) is 11.8 Å². The van der Waals surface area contributed by atoms with Gasteiger partial charge in [-0.25, -0.2) is 4.79 Å². The number of nitrogens with zero attached hydrogens (tertiary/aromatic N) is 1. The van der Waals surface area contributed by atoms with E-state index < -0.39 is 6.04 Å². The quantitative estimate of drug-likeness (QED) is 0.462. The van der Waals surface area contributed by atoms with E-state index in [2.05, 4.69) is 16.4 Å². The second-order valence-electron chi connectivity index (χ2n) is 3.46. The van der Waals surface area contributed by atoms with Gasteiger partial charge in [0.15, 0.2) is 0 Å². The van der Waals surface area contributed by atoms with Crippen LogP contribution in [0, 0.1) is 0 Å². The number of esters is 1. The molecule has 4 nitrogen and oxygen atoms in total. The number of thiol groups is 1. The Kier molecular flexibility index (Phi) is 4.79. The normalized spacial score (nSPS) is 22.6. The molecule has 1 rings (SSSR count). The predicted molar refractivity (Wildman–Crippen MR) is 62.8 cm³/mol. The molecule has 0 radical (unpaired) electrons. The Hall–Kier alpha value is -0.360. The summed E-state index contributed by atoms with van der Waals surface area (Å²) < 4.78 is 4.67. The van der Waals surface area contributed by atoms with Gasteiger partial charge in [-0.05, 0) is 19.8 Å². The summed E-state index contributed by atoms with van der Waals surface area (Å²) in [5.74, 6) is -0.361.